The Kier molecular flexibility index (Phi) is 2.83. The number of nitrogens with one attached hydrogen (secondary N) is 1. The molecule has 3 nitrogen and oxygen atoms in total. The van der Waals surface area contributed by atoms with Crippen LogP contribution < -0.4 is 11.1 Å². The summed E-state index contributed by atoms with van der Waals surface area (Å²) in [6, 6.07) is 4.65. The van der Waals surface area contributed by atoms with Gasteiger partial charge in [-0.1, -0.05) is 0 Å². The molecule has 1 saturated carbocycles. The molecular weight excluding hydrogens is 251 g/mol. The molecule has 18 heavy (non-hydrogen) atoms. The van der Waals surface area contributed by atoms with E-state index < -0.39 is 5.54 Å². The molecule has 96 valence electrons. The molecule has 5 heteroatoms. The van der Waals surface area contributed by atoms with Crippen molar-refractivity contribution in [3.8, 4) is 0 Å². The fourth-order valence-electron chi connectivity index (χ4n) is 2.18. The van der Waals surface area contributed by atoms with Crippen LogP contribution >= 0.6 is 11.8 Å². The normalized spacial score (nSPS) is 24.2. The molecule has 0 saturated heterocycles. The van der Waals surface area contributed by atoms with Gasteiger partial charge in [0.15, 0.2) is 0 Å². The monoisotopic (exact) mass is 266 g/mol. The second-order valence-corrected chi connectivity index (χ2v) is 6.14. The summed E-state index contributed by atoms with van der Waals surface area (Å²) < 4.78 is 13.3. The van der Waals surface area contributed by atoms with E-state index in [4.69, 9.17) is 5.73 Å². The van der Waals surface area contributed by atoms with Crippen molar-refractivity contribution in [2.75, 3.05) is 5.75 Å². The summed E-state index contributed by atoms with van der Waals surface area (Å²) in [7, 11) is 0. The van der Waals surface area contributed by atoms with Crippen molar-refractivity contribution in [3.05, 3.63) is 29.6 Å². The van der Waals surface area contributed by atoms with E-state index in [1.165, 1.54) is 12.1 Å². The molecule has 2 aliphatic rings. The summed E-state index contributed by atoms with van der Waals surface area (Å²) in [6.45, 7) is 0. The van der Waals surface area contributed by atoms with Crippen molar-refractivity contribution < 1.29 is 9.18 Å². The SMILES string of the molecule is NC1(C(=O)NC2CCSc3ccc(F)cc32)CC1. The van der Waals surface area contributed by atoms with Gasteiger partial charge in [-0.15, -0.1) is 11.8 Å². The van der Waals surface area contributed by atoms with Crippen LogP contribution in [0.3, 0.4) is 0 Å². The first-order valence-corrected chi connectivity index (χ1v) is 7.09. The van der Waals surface area contributed by atoms with E-state index in [0.29, 0.717) is 0 Å². The Bertz CT molecular complexity index is 502. The maximum Gasteiger partial charge on any atom is 0.240 e. The minimum absolute atomic E-state index is 0.102. The molecule has 1 fully saturated rings. The van der Waals surface area contributed by atoms with E-state index in [9.17, 15) is 9.18 Å². The predicted molar refractivity (Wildman–Crippen MR) is 68.8 cm³/mol. The first-order chi connectivity index (χ1) is 8.58. The Hall–Kier alpha value is -1.07. The van der Waals surface area contributed by atoms with Gasteiger partial charge in [-0.2, -0.15) is 0 Å². The Balaban J connectivity index is 1.82. The van der Waals surface area contributed by atoms with Crippen LogP contribution in [-0.4, -0.2) is 17.2 Å². The quantitative estimate of drug-likeness (QED) is 0.860. The third-order valence-electron chi connectivity index (χ3n) is 3.56. The fourth-order valence-corrected chi connectivity index (χ4v) is 3.28. The highest BCUT2D eigenvalue weighted by Crippen LogP contribution is 2.38. The molecule has 0 bridgehead atoms. The van der Waals surface area contributed by atoms with Crippen molar-refractivity contribution in [2.24, 2.45) is 5.73 Å². The zero-order valence-corrected chi connectivity index (χ0v) is 10.7. The highest BCUT2D eigenvalue weighted by atomic mass is 32.2. The number of rotatable bonds is 2. The van der Waals surface area contributed by atoms with Crippen LogP contribution in [0.1, 0.15) is 30.9 Å². The number of amides is 1. The van der Waals surface area contributed by atoms with Gasteiger partial charge in [-0.25, -0.2) is 4.39 Å². The molecule has 1 aromatic rings. The molecule has 0 aromatic heterocycles. The Morgan fingerprint density at radius 1 is 1.50 bits per heavy atom. The Labute approximate surface area is 109 Å². The van der Waals surface area contributed by atoms with Crippen LogP contribution in [0.5, 0.6) is 0 Å². The van der Waals surface area contributed by atoms with E-state index in [1.54, 1.807) is 17.8 Å². The number of nitrogens with two attached hydrogens (primary N) is 1. The Morgan fingerprint density at radius 3 is 3.00 bits per heavy atom. The zero-order chi connectivity index (χ0) is 12.8. The third kappa shape index (κ3) is 2.12. The summed E-state index contributed by atoms with van der Waals surface area (Å²) in [6.07, 6.45) is 2.32. The molecule has 1 aliphatic heterocycles. The summed E-state index contributed by atoms with van der Waals surface area (Å²) in [5, 5.41) is 2.96. The van der Waals surface area contributed by atoms with Crippen molar-refractivity contribution >= 4 is 17.7 Å². The summed E-state index contributed by atoms with van der Waals surface area (Å²) in [4.78, 5) is 13.0. The molecule has 1 heterocycles. The van der Waals surface area contributed by atoms with Crippen molar-refractivity contribution in [2.45, 2.75) is 35.7 Å². The molecule has 1 unspecified atom stereocenters. The Morgan fingerprint density at radius 2 is 2.28 bits per heavy atom. The highest BCUT2D eigenvalue weighted by molar-refractivity contribution is 7.99. The molecule has 1 aromatic carbocycles. The molecule has 0 spiro atoms. The second kappa shape index (κ2) is 4.24. The van der Waals surface area contributed by atoms with Gasteiger partial charge in [0.25, 0.3) is 0 Å². The molecule has 3 N–H and O–H groups in total. The summed E-state index contributed by atoms with van der Waals surface area (Å²) in [5.41, 5.74) is 6.08. The lowest BCUT2D eigenvalue weighted by atomic mass is 10.0. The molecule has 1 amide bonds. The van der Waals surface area contributed by atoms with Crippen LogP contribution in [0, 0.1) is 5.82 Å². The first-order valence-electron chi connectivity index (χ1n) is 6.11. The lowest BCUT2D eigenvalue weighted by Crippen LogP contribution is -2.44. The number of fused-ring (bicyclic) bond motifs is 1. The highest BCUT2D eigenvalue weighted by Gasteiger charge is 2.46. The summed E-state index contributed by atoms with van der Waals surface area (Å²) >= 11 is 1.70. The van der Waals surface area contributed by atoms with Gasteiger partial charge in [0.2, 0.25) is 5.91 Å². The van der Waals surface area contributed by atoms with Crippen LogP contribution in [0.2, 0.25) is 0 Å². The number of hydrogen-bond donors (Lipinski definition) is 2. The number of carbonyl (C=O) groups excluding carboxylic acids is 1. The van der Waals surface area contributed by atoms with Gasteiger partial charge in [-0.05, 0) is 43.0 Å². The number of benzene rings is 1. The molecule has 1 aliphatic carbocycles. The van der Waals surface area contributed by atoms with Crippen LogP contribution in [-0.2, 0) is 4.79 Å². The van der Waals surface area contributed by atoms with Gasteiger partial charge in [-0.3, -0.25) is 4.79 Å². The maximum absolute atomic E-state index is 13.3. The minimum atomic E-state index is -0.669. The van der Waals surface area contributed by atoms with Gasteiger partial charge in [0, 0.05) is 10.6 Å². The van der Waals surface area contributed by atoms with Crippen molar-refractivity contribution in [1.82, 2.24) is 5.32 Å². The average molecular weight is 266 g/mol. The molecular formula is C13H15FN2OS. The van der Waals surface area contributed by atoms with Crippen LogP contribution in [0.4, 0.5) is 4.39 Å². The first kappa shape index (κ1) is 12.0. The van der Waals surface area contributed by atoms with Gasteiger partial charge >= 0.3 is 0 Å². The smallest absolute Gasteiger partial charge is 0.240 e. The van der Waals surface area contributed by atoms with E-state index >= 15 is 0 Å². The van der Waals surface area contributed by atoms with Crippen molar-refractivity contribution in [3.63, 3.8) is 0 Å². The fraction of sp³-hybridized carbons (Fsp3) is 0.462. The summed E-state index contributed by atoms with van der Waals surface area (Å²) in [5.74, 6) is 0.570. The van der Waals surface area contributed by atoms with E-state index in [1.807, 2.05) is 0 Å². The van der Waals surface area contributed by atoms with Gasteiger partial charge < -0.3 is 11.1 Å². The number of halogens is 1. The largest absolute Gasteiger partial charge is 0.348 e. The van der Waals surface area contributed by atoms with Crippen LogP contribution in [0.15, 0.2) is 23.1 Å². The number of thioether (sulfide) groups is 1. The minimum Gasteiger partial charge on any atom is -0.348 e. The second-order valence-electron chi connectivity index (χ2n) is 5.00. The lowest BCUT2D eigenvalue weighted by molar-refractivity contribution is -0.124. The molecule has 0 radical (unpaired) electrons. The topological polar surface area (TPSA) is 55.1 Å². The van der Waals surface area contributed by atoms with E-state index in [0.717, 1.165) is 35.5 Å². The van der Waals surface area contributed by atoms with Crippen molar-refractivity contribution in [1.29, 1.82) is 0 Å². The van der Waals surface area contributed by atoms with E-state index in [2.05, 4.69) is 5.32 Å². The lowest BCUT2D eigenvalue weighted by Gasteiger charge is -2.27. The number of carbonyl (C=O) groups is 1. The molecule has 3 rings (SSSR count). The average Bonchev–Trinajstić information content (AvgIpc) is 3.09. The predicted octanol–water partition coefficient (Wildman–Crippen LogP) is 1.97. The van der Waals surface area contributed by atoms with Gasteiger partial charge in [0.1, 0.15) is 5.82 Å². The zero-order valence-electron chi connectivity index (χ0n) is 9.91. The van der Waals surface area contributed by atoms with Gasteiger partial charge in [0.05, 0.1) is 11.6 Å². The third-order valence-corrected chi connectivity index (χ3v) is 4.68. The van der Waals surface area contributed by atoms with Crippen LogP contribution in [0.25, 0.3) is 0 Å². The standard InChI is InChI=1S/C13H15FN2OS/c14-8-1-2-11-9(7-8)10(3-6-18-11)16-12(17)13(15)4-5-13/h1-2,7,10H,3-6,15H2,(H,16,17). The number of hydrogen-bond acceptors (Lipinski definition) is 3. The van der Waals surface area contributed by atoms with E-state index in [-0.39, 0.29) is 17.8 Å². The maximum atomic E-state index is 13.3. The molecule has 1 atom stereocenters.